The van der Waals surface area contributed by atoms with Crippen LogP contribution in [0.5, 0.6) is 0 Å². The van der Waals surface area contributed by atoms with Gasteiger partial charge in [0.25, 0.3) is 0 Å². The van der Waals surface area contributed by atoms with Crippen LogP contribution in [0.1, 0.15) is 68.1 Å². The van der Waals surface area contributed by atoms with Crippen molar-refractivity contribution in [3.05, 3.63) is 70.8 Å². The lowest BCUT2D eigenvalue weighted by Gasteiger charge is -2.26. The van der Waals surface area contributed by atoms with Gasteiger partial charge in [-0.15, -0.1) is 0 Å². The minimum atomic E-state index is -0.484. The molecule has 0 amide bonds. The van der Waals surface area contributed by atoms with Crippen molar-refractivity contribution >= 4 is 0 Å². The number of hydrogen-bond acceptors (Lipinski definition) is 0. The molecule has 0 heterocycles. The van der Waals surface area contributed by atoms with Crippen LogP contribution in [0.2, 0.25) is 0 Å². The summed E-state index contributed by atoms with van der Waals surface area (Å²) in [5, 5.41) is 0. The maximum absolute atomic E-state index is 13.2. The standard InChI is InChI=1S/C23H28F2/c1-17-6-10-20(11-7-17)21-12-8-18(9-13-21)4-2-3-5-19-14-22(24)16-23(25)15-19/h8-9,12-17,20H,2-7,10-11H2,1H3. The molecule has 2 aromatic rings. The zero-order valence-corrected chi connectivity index (χ0v) is 15.1. The van der Waals surface area contributed by atoms with E-state index in [1.54, 1.807) is 0 Å². The molecule has 2 heteroatoms. The normalized spacial score (nSPS) is 20.6. The summed E-state index contributed by atoms with van der Waals surface area (Å²) in [4.78, 5) is 0. The Balaban J connectivity index is 1.44. The lowest BCUT2D eigenvalue weighted by Crippen LogP contribution is -2.10. The summed E-state index contributed by atoms with van der Waals surface area (Å²) in [6.45, 7) is 2.36. The highest BCUT2D eigenvalue weighted by Crippen LogP contribution is 2.35. The molecule has 0 atom stereocenters. The molecule has 0 aromatic heterocycles. The minimum absolute atomic E-state index is 0.484. The van der Waals surface area contributed by atoms with Crippen LogP contribution >= 0.6 is 0 Å². The van der Waals surface area contributed by atoms with Gasteiger partial charge in [0.05, 0.1) is 0 Å². The van der Waals surface area contributed by atoms with E-state index in [9.17, 15) is 8.78 Å². The average molecular weight is 342 g/mol. The van der Waals surface area contributed by atoms with Crippen LogP contribution in [-0.2, 0) is 12.8 Å². The van der Waals surface area contributed by atoms with Crippen molar-refractivity contribution < 1.29 is 8.78 Å². The second kappa shape index (κ2) is 8.60. The van der Waals surface area contributed by atoms with E-state index < -0.39 is 11.6 Å². The van der Waals surface area contributed by atoms with E-state index in [1.165, 1.54) is 48.9 Å². The van der Waals surface area contributed by atoms with Crippen LogP contribution in [0, 0.1) is 17.6 Å². The van der Waals surface area contributed by atoms with Crippen LogP contribution in [0.15, 0.2) is 42.5 Å². The fraction of sp³-hybridized carbons (Fsp3) is 0.478. The van der Waals surface area contributed by atoms with Crippen molar-refractivity contribution in [3.63, 3.8) is 0 Å². The molecule has 0 aliphatic heterocycles. The number of halogens is 2. The summed E-state index contributed by atoms with van der Waals surface area (Å²) < 4.78 is 26.3. The first-order valence-electron chi connectivity index (χ1n) is 9.64. The molecule has 0 N–H and O–H groups in total. The Bertz CT molecular complexity index is 647. The summed E-state index contributed by atoms with van der Waals surface area (Å²) in [5.41, 5.74) is 3.60. The van der Waals surface area contributed by atoms with E-state index in [1.807, 2.05) is 0 Å². The molecule has 0 nitrogen and oxygen atoms in total. The van der Waals surface area contributed by atoms with Crippen molar-refractivity contribution in [1.82, 2.24) is 0 Å². The lowest BCUT2D eigenvalue weighted by molar-refractivity contribution is 0.348. The summed E-state index contributed by atoms with van der Waals surface area (Å²) in [6, 6.07) is 12.9. The number of rotatable bonds is 6. The minimum Gasteiger partial charge on any atom is -0.207 e. The Labute approximate surface area is 150 Å². The maximum Gasteiger partial charge on any atom is 0.126 e. The second-order valence-electron chi connectivity index (χ2n) is 7.68. The van der Waals surface area contributed by atoms with Crippen molar-refractivity contribution in [2.75, 3.05) is 0 Å². The smallest absolute Gasteiger partial charge is 0.126 e. The summed E-state index contributed by atoms with van der Waals surface area (Å²) in [7, 11) is 0. The molecule has 0 saturated heterocycles. The van der Waals surface area contributed by atoms with E-state index in [-0.39, 0.29) is 0 Å². The molecule has 0 radical (unpaired) electrons. The molecule has 0 bridgehead atoms. The Morgan fingerprint density at radius 3 is 1.92 bits per heavy atom. The van der Waals surface area contributed by atoms with Crippen LogP contribution in [0.3, 0.4) is 0 Å². The van der Waals surface area contributed by atoms with Gasteiger partial charge in [0.15, 0.2) is 0 Å². The molecule has 2 aromatic carbocycles. The largest absolute Gasteiger partial charge is 0.207 e. The van der Waals surface area contributed by atoms with Gasteiger partial charge in [-0.05, 0) is 79.2 Å². The number of benzene rings is 2. The van der Waals surface area contributed by atoms with Crippen molar-refractivity contribution in [2.45, 2.75) is 64.2 Å². The summed E-state index contributed by atoms with van der Waals surface area (Å²) in [6.07, 6.45) is 9.10. The van der Waals surface area contributed by atoms with Gasteiger partial charge in [-0.3, -0.25) is 0 Å². The Morgan fingerprint density at radius 2 is 1.32 bits per heavy atom. The molecule has 0 spiro atoms. The summed E-state index contributed by atoms with van der Waals surface area (Å²) in [5.74, 6) is 0.667. The molecule has 134 valence electrons. The van der Waals surface area contributed by atoms with E-state index >= 15 is 0 Å². The Hall–Kier alpha value is -1.70. The monoisotopic (exact) mass is 342 g/mol. The molecular weight excluding hydrogens is 314 g/mol. The third-order valence-corrected chi connectivity index (χ3v) is 5.57. The molecule has 1 fully saturated rings. The molecule has 25 heavy (non-hydrogen) atoms. The third kappa shape index (κ3) is 5.39. The quantitative estimate of drug-likeness (QED) is 0.505. The van der Waals surface area contributed by atoms with Crippen molar-refractivity contribution in [3.8, 4) is 0 Å². The third-order valence-electron chi connectivity index (χ3n) is 5.57. The first kappa shape index (κ1) is 18.1. The van der Waals surface area contributed by atoms with Gasteiger partial charge in [-0.25, -0.2) is 8.78 Å². The van der Waals surface area contributed by atoms with E-state index in [2.05, 4.69) is 31.2 Å². The zero-order valence-electron chi connectivity index (χ0n) is 15.1. The average Bonchev–Trinajstić information content (AvgIpc) is 2.59. The first-order valence-corrected chi connectivity index (χ1v) is 9.64. The molecule has 0 unspecified atom stereocenters. The van der Waals surface area contributed by atoms with Gasteiger partial charge < -0.3 is 0 Å². The van der Waals surface area contributed by atoms with Crippen LogP contribution in [-0.4, -0.2) is 0 Å². The molecule has 1 aliphatic carbocycles. The molecule has 3 rings (SSSR count). The van der Waals surface area contributed by atoms with Crippen LogP contribution in [0.25, 0.3) is 0 Å². The highest BCUT2D eigenvalue weighted by Gasteiger charge is 2.19. The lowest BCUT2D eigenvalue weighted by atomic mass is 9.79. The first-order chi connectivity index (χ1) is 12.1. The highest BCUT2D eigenvalue weighted by atomic mass is 19.1. The second-order valence-corrected chi connectivity index (χ2v) is 7.68. The van der Waals surface area contributed by atoms with Gasteiger partial charge in [-0.2, -0.15) is 0 Å². The van der Waals surface area contributed by atoms with Crippen LogP contribution in [0.4, 0.5) is 8.78 Å². The van der Waals surface area contributed by atoms with Gasteiger partial charge in [0.2, 0.25) is 0 Å². The predicted molar refractivity (Wildman–Crippen MR) is 99.8 cm³/mol. The zero-order chi connectivity index (χ0) is 17.6. The topological polar surface area (TPSA) is 0 Å². The van der Waals surface area contributed by atoms with E-state index in [0.717, 1.165) is 49.1 Å². The number of hydrogen-bond donors (Lipinski definition) is 0. The van der Waals surface area contributed by atoms with Gasteiger partial charge in [0, 0.05) is 6.07 Å². The summed E-state index contributed by atoms with van der Waals surface area (Å²) >= 11 is 0. The highest BCUT2D eigenvalue weighted by molar-refractivity contribution is 5.26. The predicted octanol–water partition coefficient (Wildman–Crippen LogP) is 6.82. The maximum atomic E-state index is 13.2. The Morgan fingerprint density at radius 1 is 0.760 bits per heavy atom. The molecular formula is C23H28F2. The van der Waals surface area contributed by atoms with Crippen molar-refractivity contribution in [1.29, 1.82) is 0 Å². The number of unbranched alkanes of at least 4 members (excludes halogenated alkanes) is 1. The van der Waals surface area contributed by atoms with Crippen molar-refractivity contribution in [2.24, 2.45) is 5.92 Å². The van der Waals surface area contributed by atoms with Gasteiger partial charge >= 0.3 is 0 Å². The van der Waals surface area contributed by atoms with E-state index in [4.69, 9.17) is 0 Å². The molecule has 1 saturated carbocycles. The van der Waals surface area contributed by atoms with Gasteiger partial charge in [0.1, 0.15) is 11.6 Å². The van der Waals surface area contributed by atoms with Gasteiger partial charge in [-0.1, -0.05) is 44.0 Å². The fourth-order valence-corrected chi connectivity index (χ4v) is 3.96. The Kier molecular flexibility index (Phi) is 6.23. The fourth-order valence-electron chi connectivity index (χ4n) is 3.96. The number of aryl methyl sites for hydroxylation is 2. The van der Waals surface area contributed by atoms with E-state index in [0.29, 0.717) is 0 Å². The SMILES string of the molecule is CC1CCC(c2ccc(CCCCc3cc(F)cc(F)c3)cc2)CC1. The molecule has 1 aliphatic rings. The van der Waals surface area contributed by atoms with Crippen LogP contribution < -0.4 is 0 Å².